The van der Waals surface area contributed by atoms with E-state index in [0.717, 1.165) is 55.0 Å². The van der Waals surface area contributed by atoms with Gasteiger partial charge in [0, 0.05) is 11.8 Å². The number of hydrogen-bond acceptors (Lipinski definition) is 5. The number of rotatable bonds is 7. The van der Waals surface area contributed by atoms with Gasteiger partial charge in [0.25, 0.3) is 0 Å². The molecule has 0 amide bonds. The van der Waals surface area contributed by atoms with Gasteiger partial charge in [-0.25, -0.2) is 4.98 Å². The first kappa shape index (κ1) is 20.7. The number of nitrogens with one attached hydrogen (secondary N) is 1. The van der Waals surface area contributed by atoms with E-state index in [1.807, 2.05) is 55.5 Å². The molecule has 0 saturated heterocycles. The third kappa shape index (κ3) is 4.18. The summed E-state index contributed by atoms with van der Waals surface area (Å²) < 4.78 is 10.6. The van der Waals surface area contributed by atoms with Crippen molar-refractivity contribution >= 4 is 17.3 Å². The zero-order valence-corrected chi connectivity index (χ0v) is 18.2. The van der Waals surface area contributed by atoms with Crippen molar-refractivity contribution < 1.29 is 19.4 Å². The van der Waals surface area contributed by atoms with Crippen molar-refractivity contribution in [2.24, 2.45) is 0 Å². The van der Waals surface area contributed by atoms with Crippen LogP contribution in [0.25, 0.3) is 32.4 Å². The van der Waals surface area contributed by atoms with Crippen molar-refractivity contribution in [1.29, 1.82) is 0 Å². The first-order valence-corrected chi connectivity index (χ1v) is 10.5. The Hall–Kier alpha value is -3.58. The molecule has 2 heterocycles. The maximum absolute atomic E-state index is 11.2. The van der Waals surface area contributed by atoms with Gasteiger partial charge in [0.1, 0.15) is 16.5 Å². The molecule has 0 spiro atoms. The summed E-state index contributed by atoms with van der Waals surface area (Å²) in [6.45, 7) is 1.92. The van der Waals surface area contributed by atoms with Crippen LogP contribution in [-0.4, -0.2) is 35.3 Å². The Bertz CT molecular complexity index is 1140. The third-order valence-electron chi connectivity index (χ3n) is 5.15. The Balaban J connectivity index is 1.83. The average Bonchev–Trinajstić information content (AvgIpc) is 3.37. The largest absolute Gasteiger partial charge is 0.497 e. The molecule has 7 heteroatoms. The number of benzene rings is 2. The number of aromatic amines is 1. The molecule has 4 rings (SSSR count). The van der Waals surface area contributed by atoms with E-state index in [1.165, 1.54) is 0 Å². The Morgan fingerprint density at radius 2 is 1.58 bits per heavy atom. The number of carbonyl (C=O) groups is 1. The lowest BCUT2D eigenvalue weighted by atomic mass is 10.1. The highest BCUT2D eigenvalue weighted by molar-refractivity contribution is 7.18. The van der Waals surface area contributed by atoms with Gasteiger partial charge in [-0.1, -0.05) is 0 Å². The van der Waals surface area contributed by atoms with Crippen molar-refractivity contribution in [3.63, 3.8) is 0 Å². The van der Waals surface area contributed by atoms with Gasteiger partial charge < -0.3 is 19.6 Å². The topological polar surface area (TPSA) is 84.4 Å². The second-order valence-electron chi connectivity index (χ2n) is 7.04. The number of nitrogens with zero attached hydrogens (tertiary/aromatic N) is 1. The molecule has 31 heavy (non-hydrogen) atoms. The Kier molecular flexibility index (Phi) is 5.77. The van der Waals surface area contributed by atoms with Gasteiger partial charge in [-0.2, -0.15) is 0 Å². The smallest absolute Gasteiger partial charge is 0.307 e. The fourth-order valence-electron chi connectivity index (χ4n) is 3.41. The number of carboxylic acids is 1. The lowest BCUT2D eigenvalue weighted by Crippen LogP contribution is -1.99. The number of H-pyrrole nitrogens is 1. The average molecular weight is 435 g/mol. The molecule has 158 valence electrons. The van der Waals surface area contributed by atoms with E-state index >= 15 is 0 Å². The van der Waals surface area contributed by atoms with Crippen molar-refractivity contribution in [1.82, 2.24) is 9.97 Å². The Labute approximate surface area is 184 Å². The molecule has 0 aliphatic heterocycles. The molecule has 0 atom stereocenters. The summed E-state index contributed by atoms with van der Waals surface area (Å²) in [7, 11) is 3.28. The summed E-state index contributed by atoms with van der Waals surface area (Å²) in [5.41, 5.74) is 5.38. The minimum absolute atomic E-state index is 0.0234. The van der Waals surface area contributed by atoms with Gasteiger partial charge >= 0.3 is 5.97 Å². The molecular formula is C24H22N2O4S. The molecule has 0 fully saturated rings. The molecule has 0 unspecified atom stereocenters. The monoisotopic (exact) mass is 434 g/mol. The molecule has 0 saturated carbocycles. The minimum Gasteiger partial charge on any atom is -0.497 e. The normalized spacial score (nSPS) is 10.8. The number of hydrogen-bond donors (Lipinski definition) is 2. The van der Waals surface area contributed by atoms with Crippen LogP contribution in [0.5, 0.6) is 11.5 Å². The van der Waals surface area contributed by atoms with Gasteiger partial charge in [-0.15, -0.1) is 11.3 Å². The number of aromatic nitrogens is 2. The predicted molar refractivity (Wildman–Crippen MR) is 122 cm³/mol. The van der Waals surface area contributed by atoms with E-state index in [1.54, 1.807) is 31.8 Å². The molecule has 2 N–H and O–H groups in total. The second kappa shape index (κ2) is 8.65. The van der Waals surface area contributed by atoms with Gasteiger partial charge in [0.15, 0.2) is 0 Å². The Morgan fingerprint density at radius 3 is 2.13 bits per heavy atom. The predicted octanol–water partition coefficient (Wildman–Crippen LogP) is 5.42. The number of carboxylic acid groups (broad SMARTS) is 1. The van der Waals surface area contributed by atoms with E-state index in [-0.39, 0.29) is 6.42 Å². The van der Waals surface area contributed by atoms with Crippen molar-refractivity contribution in [3.05, 3.63) is 65.9 Å². The van der Waals surface area contributed by atoms with Gasteiger partial charge in [0.2, 0.25) is 0 Å². The summed E-state index contributed by atoms with van der Waals surface area (Å²) in [6, 6.07) is 15.7. The van der Waals surface area contributed by atoms with Crippen LogP contribution in [0.15, 0.2) is 54.7 Å². The third-order valence-corrected chi connectivity index (χ3v) is 6.27. The molecule has 0 aliphatic rings. The summed E-state index contributed by atoms with van der Waals surface area (Å²) in [5, 5.41) is 9.97. The molecule has 4 aromatic rings. The van der Waals surface area contributed by atoms with E-state index in [4.69, 9.17) is 19.6 Å². The number of aliphatic carboxylic acids is 1. The van der Waals surface area contributed by atoms with Crippen LogP contribution < -0.4 is 9.47 Å². The zero-order valence-electron chi connectivity index (χ0n) is 17.4. The van der Waals surface area contributed by atoms with E-state index < -0.39 is 5.97 Å². The molecular weight excluding hydrogens is 412 g/mol. The van der Waals surface area contributed by atoms with Crippen LogP contribution >= 0.6 is 11.3 Å². The summed E-state index contributed by atoms with van der Waals surface area (Å²) in [6.07, 6.45) is 1.73. The second-order valence-corrected chi connectivity index (χ2v) is 8.04. The fourth-order valence-corrected chi connectivity index (χ4v) is 4.57. The zero-order chi connectivity index (χ0) is 22.0. The lowest BCUT2D eigenvalue weighted by Gasteiger charge is -2.05. The first-order valence-electron chi connectivity index (χ1n) is 9.69. The standard InChI is InChI=1S/C24H22N2O4S/c1-14-17(12-20(27)28)13-25-21(14)24-26-22(15-4-8-18(29-2)9-5-15)23(31-24)16-6-10-19(30-3)11-7-16/h4-11,13,25H,12H2,1-3H3,(H,27,28). The quantitative estimate of drug-likeness (QED) is 0.405. The van der Waals surface area contributed by atoms with Crippen LogP contribution in [-0.2, 0) is 11.2 Å². The molecule has 2 aromatic carbocycles. The van der Waals surface area contributed by atoms with Gasteiger partial charge in [0.05, 0.1) is 36.9 Å². The van der Waals surface area contributed by atoms with E-state index in [2.05, 4.69) is 4.98 Å². The summed E-state index contributed by atoms with van der Waals surface area (Å²) in [4.78, 5) is 20.3. The van der Waals surface area contributed by atoms with Crippen molar-refractivity contribution in [2.75, 3.05) is 14.2 Å². The van der Waals surface area contributed by atoms with E-state index in [9.17, 15) is 4.79 Å². The fraction of sp³-hybridized carbons (Fsp3) is 0.167. The maximum atomic E-state index is 11.2. The van der Waals surface area contributed by atoms with Gasteiger partial charge in [-0.05, 0) is 72.1 Å². The van der Waals surface area contributed by atoms with Crippen LogP contribution in [0.3, 0.4) is 0 Å². The molecule has 2 aromatic heterocycles. The Morgan fingerprint density at radius 1 is 1.00 bits per heavy atom. The molecule has 0 bridgehead atoms. The summed E-state index contributed by atoms with van der Waals surface area (Å²) >= 11 is 1.57. The maximum Gasteiger partial charge on any atom is 0.307 e. The molecule has 6 nitrogen and oxygen atoms in total. The van der Waals surface area contributed by atoms with Gasteiger partial charge in [-0.3, -0.25) is 4.79 Å². The minimum atomic E-state index is -0.856. The molecule has 0 aliphatic carbocycles. The highest BCUT2D eigenvalue weighted by atomic mass is 32.1. The van der Waals surface area contributed by atoms with Crippen LogP contribution in [0.2, 0.25) is 0 Å². The van der Waals surface area contributed by atoms with Crippen LogP contribution in [0.4, 0.5) is 0 Å². The first-order chi connectivity index (χ1) is 15.0. The van der Waals surface area contributed by atoms with Crippen LogP contribution in [0, 0.1) is 6.92 Å². The molecule has 0 radical (unpaired) electrons. The number of ether oxygens (including phenoxy) is 2. The van der Waals surface area contributed by atoms with Crippen molar-refractivity contribution in [3.8, 4) is 43.9 Å². The van der Waals surface area contributed by atoms with Crippen LogP contribution in [0.1, 0.15) is 11.1 Å². The SMILES string of the molecule is COc1ccc(-c2nc(-c3[nH]cc(CC(=O)O)c3C)sc2-c2ccc(OC)cc2)cc1. The highest BCUT2D eigenvalue weighted by Crippen LogP contribution is 2.42. The lowest BCUT2D eigenvalue weighted by molar-refractivity contribution is -0.136. The number of methoxy groups -OCH3 is 2. The van der Waals surface area contributed by atoms with E-state index in [0.29, 0.717) is 0 Å². The highest BCUT2D eigenvalue weighted by Gasteiger charge is 2.20. The number of thiazole rings is 1. The van der Waals surface area contributed by atoms with Crippen molar-refractivity contribution in [2.45, 2.75) is 13.3 Å². The summed E-state index contributed by atoms with van der Waals surface area (Å²) in [5.74, 6) is 0.715.